The Balaban J connectivity index is 2.26. The van der Waals surface area contributed by atoms with Gasteiger partial charge in [-0.2, -0.15) is 0 Å². The highest BCUT2D eigenvalue weighted by Gasteiger charge is 2.20. The van der Waals surface area contributed by atoms with E-state index in [2.05, 4.69) is 16.4 Å². The summed E-state index contributed by atoms with van der Waals surface area (Å²) in [6.07, 6.45) is 1.22. The van der Waals surface area contributed by atoms with E-state index in [1.165, 1.54) is 12.0 Å². The van der Waals surface area contributed by atoms with Crippen molar-refractivity contribution in [2.24, 2.45) is 0 Å². The minimum atomic E-state index is 0.512. The van der Waals surface area contributed by atoms with Crippen LogP contribution in [0.3, 0.4) is 0 Å². The summed E-state index contributed by atoms with van der Waals surface area (Å²) in [4.78, 5) is 4.33. The molecule has 1 atom stereocenters. The molecular weight excluding hydrogens is 164 g/mol. The third-order valence-corrected chi connectivity index (χ3v) is 2.51. The summed E-state index contributed by atoms with van der Waals surface area (Å²) in [5.41, 5.74) is 2.36. The standard InChI is InChI=1S/C10H14N2O/c1-7-8(9-5-6-11-9)3-4-10(12-7)13-2/h3-4,9,11H,5-6H2,1-2H3/t9-/m0/s1. The van der Waals surface area contributed by atoms with Crippen LogP contribution < -0.4 is 10.1 Å². The summed E-state index contributed by atoms with van der Waals surface area (Å²) >= 11 is 0. The number of aryl methyl sites for hydroxylation is 1. The Morgan fingerprint density at radius 2 is 2.31 bits per heavy atom. The van der Waals surface area contributed by atoms with Crippen molar-refractivity contribution >= 4 is 0 Å². The number of methoxy groups -OCH3 is 1. The van der Waals surface area contributed by atoms with Crippen molar-refractivity contribution in [3.63, 3.8) is 0 Å². The molecule has 1 aliphatic rings. The van der Waals surface area contributed by atoms with Gasteiger partial charge in [-0.15, -0.1) is 0 Å². The number of nitrogens with zero attached hydrogens (tertiary/aromatic N) is 1. The molecule has 0 unspecified atom stereocenters. The number of nitrogens with one attached hydrogen (secondary N) is 1. The molecule has 1 aromatic heterocycles. The second-order valence-corrected chi connectivity index (χ2v) is 3.32. The minimum Gasteiger partial charge on any atom is -0.481 e. The fourth-order valence-corrected chi connectivity index (χ4v) is 1.58. The lowest BCUT2D eigenvalue weighted by atomic mass is 9.97. The Morgan fingerprint density at radius 1 is 1.54 bits per heavy atom. The Kier molecular flexibility index (Phi) is 2.19. The average molecular weight is 178 g/mol. The molecule has 0 aromatic carbocycles. The van der Waals surface area contributed by atoms with Crippen LogP contribution >= 0.6 is 0 Å². The molecule has 2 heterocycles. The highest BCUT2D eigenvalue weighted by Crippen LogP contribution is 2.25. The summed E-state index contributed by atoms with van der Waals surface area (Å²) in [5, 5.41) is 3.36. The van der Waals surface area contributed by atoms with Crippen LogP contribution in [0.1, 0.15) is 23.7 Å². The van der Waals surface area contributed by atoms with Crippen LogP contribution in [0.4, 0.5) is 0 Å². The fourth-order valence-electron chi connectivity index (χ4n) is 1.58. The van der Waals surface area contributed by atoms with Crippen LogP contribution in [0.25, 0.3) is 0 Å². The molecule has 1 N–H and O–H groups in total. The maximum atomic E-state index is 5.05. The molecule has 70 valence electrons. The number of aromatic nitrogens is 1. The Labute approximate surface area is 78.1 Å². The number of rotatable bonds is 2. The molecule has 0 aliphatic carbocycles. The summed E-state index contributed by atoms with van der Waals surface area (Å²) in [6.45, 7) is 3.15. The van der Waals surface area contributed by atoms with Gasteiger partial charge >= 0.3 is 0 Å². The first kappa shape index (κ1) is 8.51. The zero-order valence-electron chi connectivity index (χ0n) is 8.00. The number of hydrogen-bond acceptors (Lipinski definition) is 3. The summed E-state index contributed by atoms with van der Waals surface area (Å²) in [7, 11) is 1.64. The lowest BCUT2D eigenvalue weighted by Crippen LogP contribution is -2.35. The van der Waals surface area contributed by atoms with Crippen molar-refractivity contribution in [2.75, 3.05) is 13.7 Å². The second-order valence-electron chi connectivity index (χ2n) is 3.32. The van der Waals surface area contributed by atoms with E-state index in [9.17, 15) is 0 Å². The monoisotopic (exact) mass is 178 g/mol. The van der Waals surface area contributed by atoms with Crippen molar-refractivity contribution in [3.05, 3.63) is 23.4 Å². The Morgan fingerprint density at radius 3 is 2.77 bits per heavy atom. The van der Waals surface area contributed by atoms with Crippen molar-refractivity contribution in [2.45, 2.75) is 19.4 Å². The first-order valence-electron chi connectivity index (χ1n) is 4.56. The summed E-state index contributed by atoms with van der Waals surface area (Å²) < 4.78 is 5.05. The predicted octanol–water partition coefficient (Wildman–Crippen LogP) is 1.43. The average Bonchev–Trinajstić information content (AvgIpc) is 2.05. The summed E-state index contributed by atoms with van der Waals surface area (Å²) in [5.74, 6) is 0.695. The molecular formula is C10H14N2O. The lowest BCUT2D eigenvalue weighted by Gasteiger charge is -2.28. The molecule has 13 heavy (non-hydrogen) atoms. The SMILES string of the molecule is COc1ccc([C@@H]2CCN2)c(C)n1. The quantitative estimate of drug-likeness (QED) is 0.744. The topological polar surface area (TPSA) is 34.1 Å². The van der Waals surface area contributed by atoms with Crippen molar-refractivity contribution < 1.29 is 4.74 Å². The van der Waals surface area contributed by atoms with E-state index in [0.717, 1.165) is 12.2 Å². The van der Waals surface area contributed by atoms with Crippen molar-refractivity contribution in [3.8, 4) is 5.88 Å². The lowest BCUT2D eigenvalue weighted by molar-refractivity contribution is 0.374. The third kappa shape index (κ3) is 1.52. The van der Waals surface area contributed by atoms with Gasteiger partial charge in [-0.3, -0.25) is 0 Å². The van der Waals surface area contributed by atoms with Gasteiger partial charge in [0.25, 0.3) is 0 Å². The minimum absolute atomic E-state index is 0.512. The van der Waals surface area contributed by atoms with E-state index in [0.29, 0.717) is 11.9 Å². The number of pyridine rings is 1. The number of ether oxygens (including phenoxy) is 1. The molecule has 3 nitrogen and oxygen atoms in total. The van der Waals surface area contributed by atoms with Crippen molar-refractivity contribution in [1.82, 2.24) is 10.3 Å². The van der Waals surface area contributed by atoms with Gasteiger partial charge in [0.1, 0.15) is 0 Å². The third-order valence-electron chi connectivity index (χ3n) is 2.51. The molecule has 1 fully saturated rings. The summed E-state index contributed by atoms with van der Waals surface area (Å²) in [6, 6.07) is 4.53. The van der Waals surface area contributed by atoms with Crippen LogP contribution in [0.2, 0.25) is 0 Å². The molecule has 1 saturated heterocycles. The fraction of sp³-hybridized carbons (Fsp3) is 0.500. The van der Waals surface area contributed by atoms with E-state index in [1.54, 1.807) is 7.11 Å². The molecule has 2 rings (SSSR count). The van der Waals surface area contributed by atoms with Gasteiger partial charge in [0.15, 0.2) is 0 Å². The van der Waals surface area contributed by atoms with Crippen LogP contribution in [0, 0.1) is 6.92 Å². The molecule has 0 radical (unpaired) electrons. The molecule has 0 saturated carbocycles. The van der Waals surface area contributed by atoms with Gasteiger partial charge < -0.3 is 10.1 Å². The first-order chi connectivity index (χ1) is 6.31. The first-order valence-corrected chi connectivity index (χ1v) is 4.56. The largest absolute Gasteiger partial charge is 0.481 e. The van der Waals surface area contributed by atoms with Crippen LogP contribution in [0.5, 0.6) is 5.88 Å². The molecule has 1 aromatic rings. The molecule has 3 heteroatoms. The Bertz CT molecular complexity index is 308. The molecule has 0 spiro atoms. The van der Waals surface area contributed by atoms with Crippen LogP contribution in [0.15, 0.2) is 12.1 Å². The second kappa shape index (κ2) is 3.34. The van der Waals surface area contributed by atoms with Gasteiger partial charge in [-0.1, -0.05) is 6.07 Å². The molecule has 1 aliphatic heterocycles. The maximum Gasteiger partial charge on any atom is 0.213 e. The maximum absolute atomic E-state index is 5.05. The smallest absolute Gasteiger partial charge is 0.213 e. The van der Waals surface area contributed by atoms with Gasteiger partial charge in [-0.25, -0.2) is 4.98 Å². The van der Waals surface area contributed by atoms with E-state index >= 15 is 0 Å². The van der Waals surface area contributed by atoms with Gasteiger partial charge in [0.05, 0.1) is 7.11 Å². The van der Waals surface area contributed by atoms with Crippen molar-refractivity contribution in [1.29, 1.82) is 0 Å². The van der Waals surface area contributed by atoms with Gasteiger partial charge in [0, 0.05) is 17.8 Å². The van der Waals surface area contributed by atoms with E-state index in [4.69, 9.17) is 4.74 Å². The van der Waals surface area contributed by atoms with E-state index < -0.39 is 0 Å². The Hall–Kier alpha value is -1.09. The molecule has 0 bridgehead atoms. The highest BCUT2D eigenvalue weighted by molar-refractivity contribution is 5.28. The highest BCUT2D eigenvalue weighted by atomic mass is 16.5. The van der Waals surface area contributed by atoms with Crippen LogP contribution in [-0.2, 0) is 0 Å². The van der Waals surface area contributed by atoms with E-state index in [-0.39, 0.29) is 0 Å². The zero-order valence-corrected chi connectivity index (χ0v) is 8.00. The van der Waals surface area contributed by atoms with Crippen LogP contribution in [-0.4, -0.2) is 18.6 Å². The normalized spacial score (nSPS) is 20.9. The zero-order chi connectivity index (χ0) is 9.26. The van der Waals surface area contributed by atoms with E-state index in [1.807, 2.05) is 13.0 Å². The van der Waals surface area contributed by atoms with Gasteiger partial charge in [-0.05, 0) is 25.5 Å². The number of hydrogen-bond donors (Lipinski definition) is 1. The van der Waals surface area contributed by atoms with Gasteiger partial charge in [0.2, 0.25) is 5.88 Å². The molecule has 0 amide bonds. The predicted molar refractivity (Wildman–Crippen MR) is 50.9 cm³/mol.